The van der Waals surface area contributed by atoms with E-state index in [1.807, 2.05) is 21.6 Å². The second-order valence-corrected chi connectivity index (χ2v) is 6.49. The highest BCUT2D eigenvalue weighted by Gasteiger charge is 2.27. The minimum atomic E-state index is -0.727. The highest BCUT2D eigenvalue weighted by Crippen LogP contribution is 2.22. The minimum Gasteiger partial charge on any atom is -0.481 e. The van der Waals surface area contributed by atoms with Crippen LogP contribution in [0.2, 0.25) is 0 Å². The van der Waals surface area contributed by atoms with E-state index in [0.29, 0.717) is 13.1 Å². The fraction of sp³-hybridized carbons (Fsp3) is 0.846. The SMILES string of the molecule is O=C(O)CC1CCN(C(=O)N2CCCSCC2)CC1. The van der Waals surface area contributed by atoms with E-state index in [4.69, 9.17) is 5.11 Å². The molecule has 108 valence electrons. The Morgan fingerprint density at radius 2 is 1.74 bits per heavy atom. The van der Waals surface area contributed by atoms with Crippen LogP contribution in [-0.2, 0) is 4.79 Å². The summed E-state index contributed by atoms with van der Waals surface area (Å²) < 4.78 is 0. The lowest BCUT2D eigenvalue weighted by molar-refractivity contribution is -0.138. The molecule has 0 spiro atoms. The largest absolute Gasteiger partial charge is 0.481 e. The van der Waals surface area contributed by atoms with Crippen molar-refractivity contribution in [3.05, 3.63) is 0 Å². The molecule has 0 radical (unpaired) electrons. The van der Waals surface area contributed by atoms with Gasteiger partial charge >= 0.3 is 12.0 Å². The van der Waals surface area contributed by atoms with Crippen LogP contribution in [-0.4, -0.2) is 64.6 Å². The van der Waals surface area contributed by atoms with E-state index in [1.54, 1.807) is 0 Å². The zero-order valence-corrected chi connectivity index (χ0v) is 12.0. The predicted octanol–water partition coefficient (Wildman–Crippen LogP) is 1.73. The lowest BCUT2D eigenvalue weighted by atomic mass is 9.94. The molecule has 0 aromatic rings. The third kappa shape index (κ3) is 4.30. The average Bonchev–Trinajstić information content (AvgIpc) is 2.67. The molecule has 0 aromatic carbocycles. The molecule has 2 saturated heterocycles. The summed E-state index contributed by atoms with van der Waals surface area (Å²) in [6.45, 7) is 3.13. The summed E-state index contributed by atoms with van der Waals surface area (Å²) in [4.78, 5) is 26.9. The van der Waals surface area contributed by atoms with Gasteiger partial charge in [0.2, 0.25) is 0 Å². The van der Waals surface area contributed by atoms with Gasteiger partial charge in [-0.05, 0) is 30.9 Å². The molecule has 0 aromatic heterocycles. The topological polar surface area (TPSA) is 60.9 Å². The number of amides is 2. The molecular weight excluding hydrogens is 264 g/mol. The zero-order chi connectivity index (χ0) is 13.7. The van der Waals surface area contributed by atoms with Gasteiger partial charge in [0.15, 0.2) is 0 Å². The Morgan fingerprint density at radius 1 is 1.05 bits per heavy atom. The number of urea groups is 1. The molecule has 1 N–H and O–H groups in total. The normalized spacial score (nSPS) is 22.1. The molecule has 2 fully saturated rings. The number of hydrogen-bond acceptors (Lipinski definition) is 3. The average molecular weight is 286 g/mol. The fourth-order valence-electron chi connectivity index (χ4n) is 2.71. The third-order valence-electron chi connectivity index (χ3n) is 3.84. The summed E-state index contributed by atoms with van der Waals surface area (Å²) in [5.41, 5.74) is 0. The number of rotatable bonds is 2. The Balaban J connectivity index is 1.79. The van der Waals surface area contributed by atoms with Crippen molar-refractivity contribution in [3.63, 3.8) is 0 Å². The summed E-state index contributed by atoms with van der Waals surface area (Å²) in [6, 6.07) is 0.149. The third-order valence-corrected chi connectivity index (χ3v) is 4.89. The lowest BCUT2D eigenvalue weighted by Crippen LogP contribution is -2.47. The van der Waals surface area contributed by atoms with Crippen LogP contribution in [0, 0.1) is 5.92 Å². The Morgan fingerprint density at radius 3 is 2.42 bits per heavy atom. The van der Waals surface area contributed by atoms with Crippen LogP contribution in [0.1, 0.15) is 25.7 Å². The molecule has 0 aliphatic carbocycles. The number of carboxylic acids is 1. The molecule has 0 saturated carbocycles. The van der Waals surface area contributed by atoms with E-state index in [-0.39, 0.29) is 18.4 Å². The van der Waals surface area contributed by atoms with Gasteiger partial charge in [0.1, 0.15) is 0 Å². The molecule has 0 atom stereocenters. The molecule has 0 bridgehead atoms. The van der Waals surface area contributed by atoms with Crippen molar-refractivity contribution in [2.45, 2.75) is 25.7 Å². The second-order valence-electron chi connectivity index (χ2n) is 5.26. The highest BCUT2D eigenvalue weighted by atomic mass is 32.2. The number of carboxylic acid groups (broad SMARTS) is 1. The quantitative estimate of drug-likeness (QED) is 0.840. The van der Waals surface area contributed by atoms with Crippen molar-refractivity contribution in [1.82, 2.24) is 9.80 Å². The smallest absolute Gasteiger partial charge is 0.320 e. The van der Waals surface area contributed by atoms with Crippen LogP contribution in [0.5, 0.6) is 0 Å². The summed E-state index contributed by atoms with van der Waals surface area (Å²) >= 11 is 1.91. The van der Waals surface area contributed by atoms with Crippen LogP contribution >= 0.6 is 11.8 Å². The van der Waals surface area contributed by atoms with Crippen LogP contribution in [0.4, 0.5) is 4.79 Å². The van der Waals surface area contributed by atoms with Crippen molar-refractivity contribution in [2.24, 2.45) is 5.92 Å². The molecule has 2 aliphatic heterocycles. The summed E-state index contributed by atoms with van der Waals surface area (Å²) in [5.74, 6) is 1.68. The molecule has 0 unspecified atom stereocenters. The van der Waals surface area contributed by atoms with Gasteiger partial charge in [-0.1, -0.05) is 0 Å². The van der Waals surface area contributed by atoms with Crippen molar-refractivity contribution in [3.8, 4) is 0 Å². The standard InChI is InChI=1S/C13H22N2O3S/c16-12(17)10-11-2-5-15(6-3-11)13(18)14-4-1-8-19-9-7-14/h11H,1-10H2,(H,16,17). The first-order valence-electron chi connectivity index (χ1n) is 7.00. The monoisotopic (exact) mass is 286 g/mol. The van der Waals surface area contributed by atoms with Gasteiger partial charge in [0.05, 0.1) is 0 Å². The van der Waals surface area contributed by atoms with Gasteiger partial charge in [0, 0.05) is 38.4 Å². The van der Waals surface area contributed by atoms with Crippen molar-refractivity contribution in [1.29, 1.82) is 0 Å². The van der Waals surface area contributed by atoms with Crippen molar-refractivity contribution in [2.75, 3.05) is 37.7 Å². The zero-order valence-electron chi connectivity index (χ0n) is 11.2. The van der Waals surface area contributed by atoms with E-state index in [9.17, 15) is 9.59 Å². The molecule has 2 heterocycles. The maximum absolute atomic E-state index is 12.4. The van der Waals surface area contributed by atoms with Crippen LogP contribution in [0.25, 0.3) is 0 Å². The van der Waals surface area contributed by atoms with E-state index < -0.39 is 5.97 Å². The van der Waals surface area contributed by atoms with E-state index in [0.717, 1.165) is 43.9 Å². The van der Waals surface area contributed by atoms with E-state index in [2.05, 4.69) is 0 Å². The predicted molar refractivity (Wildman–Crippen MR) is 75.5 cm³/mol. The first-order valence-corrected chi connectivity index (χ1v) is 8.15. The number of piperidine rings is 1. The number of likely N-dealkylation sites (tertiary alicyclic amines) is 1. The first-order chi connectivity index (χ1) is 9.16. The Labute approximate surface area is 118 Å². The minimum absolute atomic E-state index is 0.149. The van der Waals surface area contributed by atoms with Crippen molar-refractivity contribution < 1.29 is 14.7 Å². The number of hydrogen-bond donors (Lipinski definition) is 1. The van der Waals surface area contributed by atoms with Gasteiger partial charge in [-0.25, -0.2) is 4.79 Å². The molecule has 2 amide bonds. The fourth-order valence-corrected chi connectivity index (χ4v) is 3.60. The Hall–Kier alpha value is -0.910. The number of thioether (sulfide) groups is 1. The van der Waals surface area contributed by atoms with Crippen molar-refractivity contribution >= 4 is 23.8 Å². The molecule has 19 heavy (non-hydrogen) atoms. The summed E-state index contributed by atoms with van der Waals surface area (Å²) in [6.07, 6.45) is 2.95. The maximum Gasteiger partial charge on any atom is 0.320 e. The molecular formula is C13H22N2O3S. The molecule has 2 aliphatic rings. The van der Waals surface area contributed by atoms with Gasteiger partial charge in [-0.3, -0.25) is 4.79 Å². The number of aliphatic carboxylic acids is 1. The molecule has 6 heteroatoms. The van der Waals surface area contributed by atoms with Gasteiger partial charge < -0.3 is 14.9 Å². The number of nitrogens with zero attached hydrogens (tertiary/aromatic N) is 2. The van der Waals surface area contributed by atoms with Crippen LogP contribution < -0.4 is 0 Å². The summed E-state index contributed by atoms with van der Waals surface area (Å²) in [7, 11) is 0. The van der Waals surface area contributed by atoms with E-state index >= 15 is 0 Å². The molecule has 2 rings (SSSR count). The van der Waals surface area contributed by atoms with Gasteiger partial charge in [-0.2, -0.15) is 11.8 Å². The maximum atomic E-state index is 12.4. The van der Waals surface area contributed by atoms with Gasteiger partial charge in [-0.15, -0.1) is 0 Å². The van der Waals surface area contributed by atoms with Crippen LogP contribution in [0.15, 0.2) is 0 Å². The number of carbonyl (C=O) groups excluding carboxylic acids is 1. The lowest BCUT2D eigenvalue weighted by Gasteiger charge is -2.35. The molecule has 5 nitrogen and oxygen atoms in total. The Kier molecular flexibility index (Phi) is 5.36. The second kappa shape index (κ2) is 7.03. The first kappa shape index (κ1) is 14.5. The van der Waals surface area contributed by atoms with E-state index in [1.165, 1.54) is 0 Å². The summed E-state index contributed by atoms with van der Waals surface area (Å²) in [5, 5.41) is 8.78. The number of carbonyl (C=O) groups is 2. The van der Waals surface area contributed by atoms with Gasteiger partial charge in [0.25, 0.3) is 0 Å². The van der Waals surface area contributed by atoms with Crippen LogP contribution in [0.3, 0.4) is 0 Å². The highest BCUT2D eigenvalue weighted by molar-refractivity contribution is 7.99. The Bertz CT molecular complexity index is 322.